The molecule has 0 radical (unpaired) electrons. The Morgan fingerprint density at radius 3 is 2.46 bits per heavy atom. The Hall–Kier alpha value is -1.95. The number of hydrogen-bond acceptors (Lipinski definition) is 4. The van der Waals surface area contributed by atoms with Crippen LogP contribution in [0.5, 0.6) is 5.88 Å². The molecule has 3 aromatic rings. The Kier molecular flexibility index (Phi) is 5.14. The maximum atomic E-state index is 10.5. The van der Waals surface area contributed by atoms with Gasteiger partial charge in [-0.05, 0) is 60.6 Å². The van der Waals surface area contributed by atoms with Crippen molar-refractivity contribution in [1.82, 2.24) is 4.57 Å². The van der Waals surface area contributed by atoms with Crippen molar-refractivity contribution in [3.8, 4) is 11.6 Å². The number of aryl methyl sites for hydroxylation is 1. The van der Waals surface area contributed by atoms with Gasteiger partial charge in [-0.25, -0.2) is 0 Å². The van der Waals surface area contributed by atoms with Gasteiger partial charge in [-0.1, -0.05) is 42.0 Å². The van der Waals surface area contributed by atoms with Crippen molar-refractivity contribution >= 4 is 47.1 Å². The van der Waals surface area contributed by atoms with Gasteiger partial charge in [0.15, 0.2) is 3.95 Å². The quantitative estimate of drug-likeness (QED) is 0.453. The van der Waals surface area contributed by atoms with Crippen molar-refractivity contribution in [2.24, 2.45) is 4.99 Å². The van der Waals surface area contributed by atoms with E-state index in [-0.39, 0.29) is 5.88 Å². The fraction of sp³-hybridized carbons (Fsp3) is 0.111. The number of hydrogen-bond donors (Lipinski definition) is 1. The van der Waals surface area contributed by atoms with Crippen LogP contribution >= 0.6 is 35.2 Å². The molecule has 0 amide bonds. The fourth-order valence-corrected chi connectivity index (χ4v) is 3.58. The molecule has 0 aliphatic rings. The molecule has 0 bridgehead atoms. The highest BCUT2D eigenvalue weighted by Gasteiger charge is 2.11. The first-order chi connectivity index (χ1) is 11.6. The number of rotatable bonds is 4. The molecule has 6 heteroatoms. The third-order valence-electron chi connectivity index (χ3n) is 3.57. The largest absolute Gasteiger partial charge is 0.493 e. The monoisotopic (exact) mass is 374 g/mol. The van der Waals surface area contributed by atoms with E-state index in [0.717, 1.165) is 17.8 Å². The number of thiazole rings is 1. The molecule has 3 nitrogen and oxygen atoms in total. The zero-order valence-electron chi connectivity index (χ0n) is 12.9. The molecule has 0 aliphatic carbocycles. The number of aliphatic imine (C=N–C) groups is 1. The van der Waals surface area contributed by atoms with E-state index in [1.54, 1.807) is 22.9 Å². The topological polar surface area (TPSA) is 37.5 Å². The van der Waals surface area contributed by atoms with E-state index < -0.39 is 0 Å². The first-order valence-corrected chi connectivity index (χ1v) is 9.02. The van der Waals surface area contributed by atoms with Crippen molar-refractivity contribution in [3.05, 3.63) is 67.9 Å². The minimum absolute atomic E-state index is 0.0845. The summed E-state index contributed by atoms with van der Waals surface area (Å²) in [7, 11) is 0. The van der Waals surface area contributed by atoms with Crippen molar-refractivity contribution in [2.75, 3.05) is 0 Å². The van der Waals surface area contributed by atoms with Crippen LogP contribution in [-0.2, 0) is 6.42 Å². The highest BCUT2D eigenvalue weighted by atomic mass is 35.5. The SMILES string of the molecule is CCc1ccc(N=Cc2sc(=S)n(-c3ccc(Cl)cc3)c2O)cc1. The van der Waals surface area contributed by atoms with Crippen LogP contribution in [0.1, 0.15) is 17.4 Å². The third kappa shape index (κ3) is 3.59. The maximum Gasteiger partial charge on any atom is 0.216 e. The van der Waals surface area contributed by atoms with Crippen LogP contribution in [-0.4, -0.2) is 15.9 Å². The number of aromatic nitrogens is 1. The molecule has 0 saturated heterocycles. The van der Waals surface area contributed by atoms with Crippen molar-refractivity contribution in [3.63, 3.8) is 0 Å². The molecule has 2 aromatic carbocycles. The molecule has 0 atom stereocenters. The maximum absolute atomic E-state index is 10.5. The summed E-state index contributed by atoms with van der Waals surface area (Å²) >= 11 is 12.6. The average molecular weight is 375 g/mol. The highest BCUT2D eigenvalue weighted by molar-refractivity contribution is 7.73. The predicted octanol–water partition coefficient (Wildman–Crippen LogP) is 5.94. The average Bonchev–Trinajstić information content (AvgIpc) is 2.88. The van der Waals surface area contributed by atoms with Crippen LogP contribution in [0.2, 0.25) is 5.02 Å². The van der Waals surface area contributed by atoms with Gasteiger partial charge in [0, 0.05) is 5.02 Å². The molecular weight excluding hydrogens is 360 g/mol. The number of halogens is 1. The van der Waals surface area contributed by atoms with Crippen LogP contribution in [0.4, 0.5) is 5.69 Å². The molecule has 0 fully saturated rings. The summed E-state index contributed by atoms with van der Waals surface area (Å²) in [4.78, 5) is 5.04. The van der Waals surface area contributed by atoms with E-state index in [9.17, 15) is 5.11 Å². The lowest BCUT2D eigenvalue weighted by Gasteiger charge is -2.04. The van der Waals surface area contributed by atoms with Gasteiger partial charge in [-0.2, -0.15) is 0 Å². The minimum Gasteiger partial charge on any atom is -0.493 e. The Morgan fingerprint density at radius 2 is 1.83 bits per heavy atom. The zero-order valence-corrected chi connectivity index (χ0v) is 15.3. The molecule has 122 valence electrons. The second-order valence-electron chi connectivity index (χ2n) is 5.15. The Bertz CT molecular complexity index is 925. The molecule has 1 N–H and O–H groups in total. The second-order valence-corrected chi connectivity index (χ2v) is 7.26. The minimum atomic E-state index is 0.0845. The van der Waals surface area contributed by atoms with Gasteiger partial charge in [-0.15, -0.1) is 0 Å². The number of benzene rings is 2. The van der Waals surface area contributed by atoms with Crippen molar-refractivity contribution in [2.45, 2.75) is 13.3 Å². The lowest BCUT2D eigenvalue weighted by atomic mass is 10.1. The van der Waals surface area contributed by atoms with E-state index >= 15 is 0 Å². The highest BCUT2D eigenvalue weighted by Crippen LogP contribution is 2.29. The van der Waals surface area contributed by atoms with Gasteiger partial charge in [0.2, 0.25) is 5.88 Å². The summed E-state index contributed by atoms with van der Waals surface area (Å²) in [5.41, 5.74) is 2.87. The lowest BCUT2D eigenvalue weighted by Crippen LogP contribution is -1.93. The van der Waals surface area contributed by atoms with Gasteiger partial charge in [0.1, 0.15) is 4.88 Å². The fourth-order valence-electron chi connectivity index (χ4n) is 2.23. The molecular formula is C18H15ClN2OS2. The van der Waals surface area contributed by atoms with E-state index in [1.807, 2.05) is 36.4 Å². The summed E-state index contributed by atoms with van der Waals surface area (Å²) in [6.07, 6.45) is 2.64. The Labute approximate surface area is 154 Å². The molecule has 0 spiro atoms. The van der Waals surface area contributed by atoms with Crippen molar-refractivity contribution in [1.29, 1.82) is 0 Å². The molecule has 1 aromatic heterocycles. The van der Waals surface area contributed by atoms with E-state index in [4.69, 9.17) is 23.8 Å². The first kappa shape index (κ1) is 16.9. The standard InChI is InChI=1S/C18H15ClN2OS2/c1-2-12-3-7-14(8-4-12)20-11-16-17(22)21(18(23)24-16)15-9-5-13(19)6-10-15/h3-11,22H,2H2,1H3. The van der Waals surface area contributed by atoms with Crippen LogP contribution in [0.25, 0.3) is 5.69 Å². The molecule has 3 rings (SSSR count). The summed E-state index contributed by atoms with van der Waals surface area (Å²) in [6, 6.07) is 15.2. The van der Waals surface area contributed by atoms with Crippen LogP contribution in [0.3, 0.4) is 0 Å². The normalized spacial score (nSPS) is 11.2. The Morgan fingerprint density at radius 1 is 1.17 bits per heavy atom. The molecule has 0 unspecified atom stereocenters. The zero-order chi connectivity index (χ0) is 17.1. The van der Waals surface area contributed by atoms with E-state index in [1.165, 1.54) is 16.9 Å². The Balaban J connectivity index is 1.92. The van der Waals surface area contributed by atoms with Crippen LogP contribution < -0.4 is 0 Å². The van der Waals surface area contributed by atoms with Gasteiger partial charge < -0.3 is 5.11 Å². The summed E-state index contributed by atoms with van der Waals surface area (Å²) in [5, 5.41) is 11.1. The van der Waals surface area contributed by atoms with Crippen LogP contribution in [0, 0.1) is 3.95 Å². The molecule has 24 heavy (non-hydrogen) atoms. The summed E-state index contributed by atoms with van der Waals surface area (Å²) < 4.78 is 2.16. The summed E-state index contributed by atoms with van der Waals surface area (Å²) in [6.45, 7) is 2.11. The molecule has 0 saturated carbocycles. The third-order valence-corrected chi connectivity index (χ3v) is 5.12. The van der Waals surface area contributed by atoms with E-state index in [2.05, 4.69) is 11.9 Å². The van der Waals surface area contributed by atoms with Crippen molar-refractivity contribution < 1.29 is 5.11 Å². The van der Waals surface area contributed by atoms with Crippen LogP contribution in [0.15, 0.2) is 53.5 Å². The molecule has 1 heterocycles. The first-order valence-electron chi connectivity index (χ1n) is 7.42. The molecule has 0 aliphatic heterocycles. The van der Waals surface area contributed by atoms with E-state index in [0.29, 0.717) is 13.9 Å². The van der Waals surface area contributed by atoms with Gasteiger partial charge >= 0.3 is 0 Å². The van der Waals surface area contributed by atoms with Gasteiger partial charge in [0.05, 0.1) is 17.6 Å². The predicted molar refractivity (Wildman–Crippen MR) is 104 cm³/mol. The lowest BCUT2D eigenvalue weighted by molar-refractivity contribution is 0.441. The smallest absolute Gasteiger partial charge is 0.216 e. The van der Waals surface area contributed by atoms with Gasteiger partial charge in [0.25, 0.3) is 0 Å². The second kappa shape index (κ2) is 7.30. The summed E-state index contributed by atoms with van der Waals surface area (Å²) in [5.74, 6) is 0.0845. The number of nitrogens with zero attached hydrogens (tertiary/aromatic N) is 2. The van der Waals surface area contributed by atoms with Gasteiger partial charge in [-0.3, -0.25) is 9.56 Å². The number of aromatic hydroxyl groups is 1.